The van der Waals surface area contributed by atoms with Crippen molar-refractivity contribution in [2.75, 3.05) is 13.2 Å². The number of rotatable bonds is 6. The number of carbonyl (C=O) groups is 1. The highest BCUT2D eigenvalue weighted by Gasteiger charge is 2.12. The zero-order chi connectivity index (χ0) is 21.1. The van der Waals surface area contributed by atoms with Crippen molar-refractivity contribution in [2.45, 2.75) is 0 Å². The van der Waals surface area contributed by atoms with Gasteiger partial charge in [-0.3, -0.25) is 4.79 Å². The molecule has 1 amide bonds. The van der Waals surface area contributed by atoms with Crippen molar-refractivity contribution >= 4 is 34.8 Å². The standard InChI is InChI=1S/C20H14Cl2FN5O2/c21-14-8-13(9-15(22)11-14)20(29)24-6-7-30-18-5-4-17-25-26-19(28(17)27-18)12-2-1-3-16(23)10-12/h1-5,8-11H,6-7H2,(H,24,29). The molecule has 0 atom stereocenters. The molecule has 152 valence electrons. The molecule has 0 radical (unpaired) electrons. The lowest BCUT2D eigenvalue weighted by Crippen LogP contribution is -2.28. The Morgan fingerprint density at radius 3 is 2.63 bits per heavy atom. The number of ether oxygens (including phenoxy) is 1. The van der Waals surface area contributed by atoms with Crippen molar-refractivity contribution in [1.82, 2.24) is 25.1 Å². The van der Waals surface area contributed by atoms with Gasteiger partial charge in [-0.25, -0.2) is 4.39 Å². The molecule has 0 bridgehead atoms. The molecule has 0 spiro atoms. The minimum Gasteiger partial charge on any atom is -0.475 e. The lowest BCUT2D eigenvalue weighted by Gasteiger charge is -2.08. The highest BCUT2D eigenvalue weighted by atomic mass is 35.5. The first-order chi connectivity index (χ1) is 14.5. The fourth-order valence-corrected chi connectivity index (χ4v) is 3.29. The Labute approximate surface area is 180 Å². The van der Waals surface area contributed by atoms with Crippen molar-refractivity contribution in [3.05, 3.63) is 76.0 Å². The van der Waals surface area contributed by atoms with E-state index >= 15 is 0 Å². The van der Waals surface area contributed by atoms with E-state index in [4.69, 9.17) is 27.9 Å². The first kappa shape index (κ1) is 20.1. The third kappa shape index (κ3) is 4.50. The molecule has 0 fully saturated rings. The Balaban J connectivity index is 1.41. The van der Waals surface area contributed by atoms with E-state index in [1.807, 2.05) is 0 Å². The summed E-state index contributed by atoms with van der Waals surface area (Å²) in [5.74, 6) is -0.00640. The quantitative estimate of drug-likeness (QED) is 0.452. The van der Waals surface area contributed by atoms with Crippen LogP contribution in [-0.2, 0) is 0 Å². The normalized spacial score (nSPS) is 10.9. The van der Waals surface area contributed by atoms with Crippen LogP contribution in [0.25, 0.3) is 17.0 Å². The van der Waals surface area contributed by atoms with Gasteiger partial charge >= 0.3 is 0 Å². The summed E-state index contributed by atoms with van der Waals surface area (Å²) >= 11 is 11.8. The lowest BCUT2D eigenvalue weighted by molar-refractivity contribution is 0.0946. The predicted octanol–water partition coefficient (Wildman–Crippen LogP) is 4.05. The molecule has 1 N–H and O–H groups in total. The number of halogens is 3. The Morgan fingerprint density at radius 1 is 1.07 bits per heavy atom. The molecule has 0 aliphatic heterocycles. The number of carbonyl (C=O) groups excluding carboxylic acids is 1. The van der Waals surface area contributed by atoms with Gasteiger partial charge in [0, 0.05) is 27.2 Å². The minimum absolute atomic E-state index is 0.177. The largest absolute Gasteiger partial charge is 0.475 e. The van der Waals surface area contributed by atoms with E-state index in [2.05, 4.69) is 20.6 Å². The molecule has 2 heterocycles. The van der Waals surface area contributed by atoms with Crippen LogP contribution >= 0.6 is 23.2 Å². The summed E-state index contributed by atoms with van der Waals surface area (Å²) in [5.41, 5.74) is 1.39. The van der Waals surface area contributed by atoms with E-state index in [0.29, 0.717) is 38.5 Å². The van der Waals surface area contributed by atoms with E-state index in [0.717, 1.165) is 0 Å². The second-order valence-electron chi connectivity index (χ2n) is 6.24. The smallest absolute Gasteiger partial charge is 0.251 e. The van der Waals surface area contributed by atoms with Crippen LogP contribution in [0.1, 0.15) is 10.4 Å². The molecular weight excluding hydrogens is 432 g/mol. The van der Waals surface area contributed by atoms with Gasteiger partial charge in [0.2, 0.25) is 5.88 Å². The number of aromatic nitrogens is 4. The van der Waals surface area contributed by atoms with Gasteiger partial charge in [0.05, 0.1) is 6.54 Å². The van der Waals surface area contributed by atoms with Crippen LogP contribution in [0.5, 0.6) is 5.88 Å². The highest BCUT2D eigenvalue weighted by molar-refractivity contribution is 6.35. The van der Waals surface area contributed by atoms with Gasteiger partial charge < -0.3 is 10.1 Å². The van der Waals surface area contributed by atoms with Crippen molar-refractivity contribution < 1.29 is 13.9 Å². The molecule has 30 heavy (non-hydrogen) atoms. The van der Waals surface area contributed by atoms with Crippen molar-refractivity contribution in [1.29, 1.82) is 0 Å². The van der Waals surface area contributed by atoms with Crippen molar-refractivity contribution in [3.63, 3.8) is 0 Å². The maximum absolute atomic E-state index is 13.5. The van der Waals surface area contributed by atoms with Gasteiger partial charge in [0.15, 0.2) is 11.5 Å². The summed E-state index contributed by atoms with van der Waals surface area (Å²) < 4.78 is 20.6. The third-order valence-electron chi connectivity index (χ3n) is 4.08. The van der Waals surface area contributed by atoms with Crippen molar-refractivity contribution in [2.24, 2.45) is 0 Å². The van der Waals surface area contributed by atoms with Gasteiger partial charge in [-0.1, -0.05) is 35.3 Å². The SMILES string of the molecule is O=C(NCCOc1ccc2nnc(-c3cccc(F)c3)n2n1)c1cc(Cl)cc(Cl)c1. The molecule has 4 rings (SSSR count). The first-order valence-electron chi connectivity index (χ1n) is 8.85. The zero-order valence-corrected chi connectivity index (χ0v) is 16.9. The van der Waals surface area contributed by atoms with Gasteiger partial charge in [-0.2, -0.15) is 4.52 Å². The molecule has 2 aromatic carbocycles. The number of hydrogen-bond acceptors (Lipinski definition) is 5. The molecule has 0 unspecified atom stereocenters. The summed E-state index contributed by atoms with van der Waals surface area (Å²) in [6.07, 6.45) is 0. The average molecular weight is 446 g/mol. The monoisotopic (exact) mass is 445 g/mol. The summed E-state index contributed by atoms with van der Waals surface area (Å²) in [6.45, 7) is 0.414. The minimum atomic E-state index is -0.381. The van der Waals surface area contributed by atoms with E-state index in [1.165, 1.54) is 28.8 Å². The number of benzene rings is 2. The van der Waals surface area contributed by atoms with Crippen LogP contribution in [0.3, 0.4) is 0 Å². The van der Waals surface area contributed by atoms with E-state index in [9.17, 15) is 9.18 Å². The Morgan fingerprint density at radius 2 is 1.87 bits per heavy atom. The molecule has 2 aromatic heterocycles. The Hall–Kier alpha value is -3.23. The molecule has 10 heteroatoms. The molecule has 0 aliphatic rings. The first-order valence-corrected chi connectivity index (χ1v) is 9.61. The van der Waals surface area contributed by atoms with Gasteiger partial charge in [0.25, 0.3) is 5.91 Å². The molecule has 0 aliphatic carbocycles. The third-order valence-corrected chi connectivity index (χ3v) is 4.52. The number of nitrogens with one attached hydrogen (secondary N) is 1. The summed E-state index contributed by atoms with van der Waals surface area (Å²) in [4.78, 5) is 12.2. The van der Waals surface area contributed by atoms with E-state index < -0.39 is 0 Å². The summed E-state index contributed by atoms with van der Waals surface area (Å²) in [6, 6.07) is 13.9. The fraction of sp³-hybridized carbons (Fsp3) is 0.100. The lowest BCUT2D eigenvalue weighted by atomic mass is 10.2. The predicted molar refractivity (Wildman–Crippen MR) is 110 cm³/mol. The Bertz CT molecular complexity index is 1210. The topological polar surface area (TPSA) is 81.4 Å². The van der Waals surface area contributed by atoms with Gasteiger partial charge in [0.1, 0.15) is 12.4 Å². The molecule has 4 aromatic rings. The van der Waals surface area contributed by atoms with E-state index in [-0.39, 0.29) is 24.9 Å². The van der Waals surface area contributed by atoms with Crippen LogP contribution in [-0.4, -0.2) is 38.9 Å². The molecular formula is C20H14Cl2FN5O2. The summed E-state index contributed by atoms with van der Waals surface area (Å²) in [5, 5.41) is 15.9. The van der Waals surface area contributed by atoms with Crippen molar-refractivity contribution in [3.8, 4) is 17.3 Å². The van der Waals surface area contributed by atoms with E-state index in [1.54, 1.807) is 30.3 Å². The highest BCUT2D eigenvalue weighted by Crippen LogP contribution is 2.20. The fourth-order valence-electron chi connectivity index (χ4n) is 2.76. The molecule has 0 saturated heterocycles. The molecule has 7 nitrogen and oxygen atoms in total. The number of fused-ring (bicyclic) bond motifs is 1. The second-order valence-corrected chi connectivity index (χ2v) is 7.11. The van der Waals surface area contributed by atoms with Gasteiger partial charge in [-0.15, -0.1) is 15.3 Å². The van der Waals surface area contributed by atoms with Gasteiger partial charge in [-0.05, 0) is 36.4 Å². The number of amides is 1. The maximum atomic E-state index is 13.5. The number of nitrogens with zero attached hydrogens (tertiary/aromatic N) is 4. The van der Waals surface area contributed by atoms with Crippen LogP contribution in [0, 0.1) is 5.82 Å². The maximum Gasteiger partial charge on any atom is 0.251 e. The average Bonchev–Trinajstić information content (AvgIpc) is 3.13. The molecule has 0 saturated carbocycles. The van der Waals surface area contributed by atoms with Crippen LogP contribution in [0.4, 0.5) is 4.39 Å². The second kappa shape index (κ2) is 8.64. The summed E-state index contributed by atoms with van der Waals surface area (Å²) in [7, 11) is 0. The Kier molecular flexibility index (Phi) is 5.78. The van der Waals surface area contributed by atoms with Crippen LogP contribution < -0.4 is 10.1 Å². The van der Waals surface area contributed by atoms with Crippen LogP contribution in [0.15, 0.2) is 54.6 Å². The number of hydrogen-bond donors (Lipinski definition) is 1. The van der Waals surface area contributed by atoms with Crippen LogP contribution in [0.2, 0.25) is 10.0 Å². The zero-order valence-electron chi connectivity index (χ0n) is 15.3.